The van der Waals surface area contributed by atoms with Crippen molar-refractivity contribution in [1.29, 1.82) is 0 Å². The average molecular weight is 412 g/mol. The number of hydrogen-bond donors (Lipinski definition) is 2. The number of hydrogen-bond acceptors (Lipinski definition) is 6. The zero-order valence-corrected chi connectivity index (χ0v) is 16.3. The van der Waals surface area contributed by atoms with E-state index in [0.29, 0.717) is 24.0 Å². The third-order valence-corrected chi connectivity index (χ3v) is 5.14. The van der Waals surface area contributed by atoms with Crippen LogP contribution >= 0.6 is 0 Å². The van der Waals surface area contributed by atoms with E-state index in [1.54, 1.807) is 12.2 Å². The van der Waals surface area contributed by atoms with Crippen LogP contribution < -0.4 is 0 Å². The highest BCUT2D eigenvalue weighted by atomic mass is 16.6. The van der Waals surface area contributed by atoms with Gasteiger partial charge in [0.05, 0.1) is 22.1 Å². The number of rotatable bonds is 11. The first-order valence-corrected chi connectivity index (χ1v) is 9.38. The molecule has 8 heteroatoms. The van der Waals surface area contributed by atoms with Crippen LogP contribution in [0.25, 0.3) is 0 Å². The molecule has 8 nitrogen and oxygen atoms in total. The summed E-state index contributed by atoms with van der Waals surface area (Å²) in [4.78, 5) is 20.5. The van der Waals surface area contributed by atoms with Gasteiger partial charge in [0, 0.05) is 36.1 Å². The molecule has 0 aromatic heterocycles. The smallest absolute Gasteiger partial charge is 0.269 e. The van der Waals surface area contributed by atoms with Gasteiger partial charge in [-0.25, -0.2) is 0 Å². The van der Waals surface area contributed by atoms with Crippen molar-refractivity contribution in [2.24, 2.45) is 11.8 Å². The summed E-state index contributed by atoms with van der Waals surface area (Å²) in [6, 6.07) is 11.4. The molecule has 0 unspecified atom stereocenters. The molecule has 4 atom stereocenters. The van der Waals surface area contributed by atoms with E-state index in [1.807, 2.05) is 0 Å². The van der Waals surface area contributed by atoms with Crippen LogP contribution in [-0.2, 0) is 0 Å². The fourth-order valence-corrected chi connectivity index (χ4v) is 3.27. The van der Waals surface area contributed by atoms with Crippen LogP contribution in [0, 0.1) is 32.1 Å². The summed E-state index contributed by atoms with van der Waals surface area (Å²) in [7, 11) is 0. The molecule has 0 aliphatic carbocycles. The Balaban J connectivity index is 2.05. The molecule has 0 fully saturated rings. The van der Waals surface area contributed by atoms with Crippen LogP contribution in [0.15, 0.2) is 73.8 Å². The number of non-ortho nitro benzene ring substituents is 2. The van der Waals surface area contributed by atoms with Crippen molar-refractivity contribution in [3.63, 3.8) is 0 Å². The lowest BCUT2D eigenvalue weighted by molar-refractivity contribution is -0.385. The summed E-state index contributed by atoms with van der Waals surface area (Å²) in [5.41, 5.74) is 0.964. The molecule has 0 saturated carbocycles. The minimum Gasteiger partial charge on any atom is -0.388 e. The van der Waals surface area contributed by atoms with E-state index in [4.69, 9.17) is 0 Å². The van der Waals surface area contributed by atoms with Crippen molar-refractivity contribution >= 4 is 11.4 Å². The first-order chi connectivity index (χ1) is 14.3. The molecule has 2 rings (SSSR count). The molecule has 30 heavy (non-hydrogen) atoms. The molecule has 0 amide bonds. The molecule has 2 N–H and O–H groups in total. The molecular formula is C22H24N2O6. The standard InChI is InChI=1S/C22H24N2O6/c1-3-15(21(25)17-7-11-19(12-8-17)23(27)28)5-6-16(4-2)22(26)18-9-13-20(14-10-18)24(29)30/h3-4,7-16,21-22,25-26H,1-2,5-6H2/t15-,16+,21+,22-. The normalized spacial score (nSPS) is 14.9. The van der Waals surface area contributed by atoms with E-state index < -0.39 is 22.1 Å². The molecule has 158 valence electrons. The van der Waals surface area contributed by atoms with Crippen molar-refractivity contribution in [3.05, 3.63) is 105 Å². The predicted octanol–water partition coefficient (Wildman–Crippen LogP) is 4.65. The molecule has 2 aromatic rings. The van der Waals surface area contributed by atoms with Gasteiger partial charge in [0.1, 0.15) is 0 Å². The van der Waals surface area contributed by atoms with Gasteiger partial charge in [-0.15, -0.1) is 13.2 Å². The second-order valence-corrected chi connectivity index (χ2v) is 6.96. The molecule has 0 saturated heterocycles. The van der Waals surface area contributed by atoms with Gasteiger partial charge in [-0.3, -0.25) is 20.2 Å². The molecule has 0 aliphatic heterocycles. The van der Waals surface area contributed by atoms with Gasteiger partial charge in [-0.2, -0.15) is 0 Å². The second-order valence-electron chi connectivity index (χ2n) is 6.96. The molecule has 0 bridgehead atoms. The molecule has 0 spiro atoms. The molecule has 0 aliphatic rings. The van der Waals surface area contributed by atoms with Gasteiger partial charge in [-0.1, -0.05) is 12.2 Å². The molecular weight excluding hydrogens is 388 g/mol. The van der Waals surface area contributed by atoms with Crippen LogP contribution in [0.2, 0.25) is 0 Å². The van der Waals surface area contributed by atoms with Crippen LogP contribution in [-0.4, -0.2) is 20.1 Å². The molecule has 0 heterocycles. The Bertz CT molecular complexity index is 819. The number of benzene rings is 2. The van der Waals surface area contributed by atoms with Gasteiger partial charge in [0.2, 0.25) is 0 Å². The lowest BCUT2D eigenvalue weighted by Crippen LogP contribution is -2.15. The van der Waals surface area contributed by atoms with Crippen molar-refractivity contribution in [2.45, 2.75) is 25.0 Å². The van der Waals surface area contributed by atoms with Crippen molar-refractivity contribution in [1.82, 2.24) is 0 Å². The van der Waals surface area contributed by atoms with Crippen LogP contribution in [0.4, 0.5) is 11.4 Å². The van der Waals surface area contributed by atoms with Crippen molar-refractivity contribution < 1.29 is 20.1 Å². The lowest BCUT2D eigenvalue weighted by atomic mass is 9.85. The Kier molecular flexibility index (Phi) is 7.97. The average Bonchev–Trinajstić information content (AvgIpc) is 2.76. The molecule has 0 radical (unpaired) electrons. The Morgan fingerprint density at radius 2 is 1.03 bits per heavy atom. The Hall–Kier alpha value is -3.36. The van der Waals surface area contributed by atoms with E-state index in [9.17, 15) is 30.4 Å². The summed E-state index contributed by atoms with van der Waals surface area (Å²) < 4.78 is 0. The van der Waals surface area contributed by atoms with E-state index in [1.165, 1.54) is 48.5 Å². The highest BCUT2D eigenvalue weighted by Crippen LogP contribution is 2.33. The van der Waals surface area contributed by atoms with E-state index >= 15 is 0 Å². The monoisotopic (exact) mass is 412 g/mol. The Morgan fingerprint density at radius 3 is 1.27 bits per heavy atom. The van der Waals surface area contributed by atoms with Crippen LogP contribution in [0.1, 0.15) is 36.2 Å². The van der Waals surface area contributed by atoms with Crippen LogP contribution in [0.3, 0.4) is 0 Å². The fraction of sp³-hybridized carbons (Fsp3) is 0.273. The first kappa shape index (κ1) is 22.9. The fourth-order valence-electron chi connectivity index (χ4n) is 3.27. The minimum absolute atomic E-state index is 0.0564. The predicted molar refractivity (Wildman–Crippen MR) is 113 cm³/mol. The number of aliphatic hydroxyl groups is 2. The van der Waals surface area contributed by atoms with Gasteiger partial charge in [0.25, 0.3) is 11.4 Å². The number of nitrogens with zero attached hydrogens (tertiary/aromatic N) is 2. The van der Waals surface area contributed by atoms with E-state index in [-0.39, 0.29) is 23.2 Å². The third-order valence-electron chi connectivity index (χ3n) is 5.14. The maximum atomic E-state index is 10.8. The Labute approximate surface area is 174 Å². The van der Waals surface area contributed by atoms with E-state index in [2.05, 4.69) is 13.2 Å². The van der Waals surface area contributed by atoms with E-state index in [0.717, 1.165) is 0 Å². The maximum Gasteiger partial charge on any atom is 0.269 e. The summed E-state index contributed by atoms with van der Waals surface area (Å²) in [5.74, 6) is -0.670. The zero-order chi connectivity index (χ0) is 22.3. The second kappa shape index (κ2) is 10.4. The summed E-state index contributed by atoms with van der Waals surface area (Å²) in [5, 5.41) is 42.8. The Morgan fingerprint density at radius 1 is 0.733 bits per heavy atom. The maximum absolute atomic E-state index is 10.8. The van der Waals surface area contributed by atoms with Gasteiger partial charge >= 0.3 is 0 Å². The van der Waals surface area contributed by atoms with Crippen LogP contribution in [0.5, 0.6) is 0 Å². The minimum atomic E-state index is -0.898. The number of nitro benzene ring substituents is 2. The van der Waals surface area contributed by atoms with Gasteiger partial charge in [-0.05, 0) is 48.2 Å². The lowest BCUT2D eigenvalue weighted by Gasteiger charge is -2.24. The quantitative estimate of drug-likeness (QED) is 0.314. The zero-order valence-electron chi connectivity index (χ0n) is 16.3. The van der Waals surface area contributed by atoms with Gasteiger partial charge < -0.3 is 10.2 Å². The highest BCUT2D eigenvalue weighted by Gasteiger charge is 2.24. The highest BCUT2D eigenvalue weighted by molar-refractivity contribution is 5.35. The topological polar surface area (TPSA) is 127 Å². The van der Waals surface area contributed by atoms with Gasteiger partial charge in [0.15, 0.2) is 0 Å². The van der Waals surface area contributed by atoms with Crippen molar-refractivity contribution in [3.8, 4) is 0 Å². The number of nitro groups is 2. The van der Waals surface area contributed by atoms with Crippen molar-refractivity contribution in [2.75, 3.05) is 0 Å². The number of aliphatic hydroxyl groups excluding tert-OH is 2. The largest absolute Gasteiger partial charge is 0.388 e. The first-order valence-electron chi connectivity index (χ1n) is 9.38. The third kappa shape index (κ3) is 5.59. The molecule has 2 aromatic carbocycles. The SMILES string of the molecule is C=C[C@H](CC[C@H](C=C)[C@@H](O)c1ccc([N+](=O)[O-])cc1)[C@H](O)c1ccc([N+](=O)[O-])cc1. The summed E-state index contributed by atoms with van der Waals surface area (Å²) in [6.45, 7) is 7.53. The summed E-state index contributed by atoms with van der Waals surface area (Å²) >= 11 is 0. The summed E-state index contributed by atoms with van der Waals surface area (Å²) in [6.07, 6.45) is 2.41.